The van der Waals surface area contributed by atoms with E-state index in [9.17, 15) is 15.2 Å². The highest BCUT2D eigenvalue weighted by molar-refractivity contribution is 5.91. The number of nitrogens with one attached hydrogen (secondary N) is 1. The van der Waals surface area contributed by atoms with Crippen LogP contribution in [-0.2, 0) is 0 Å². The van der Waals surface area contributed by atoms with Crippen LogP contribution < -0.4 is 10.1 Å². The molecule has 0 unspecified atom stereocenters. The summed E-state index contributed by atoms with van der Waals surface area (Å²) in [6.07, 6.45) is 0. The van der Waals surface area contributed by atoms with Crippen molar-refractivity contribution in [3.8, 4) is 17.2 Å². The van der Waals surface area contributed by atoms with Crippen molar-refractivity contribution in [2.24, 2.45) is 0 Å². The van der Waals surface area contributed by atoms with Crippen LogP contribution in [0.3, 0.4) is 0 Å². The third kappa shape index (κ3) is 1.82. The molecule has 2 N–H and O–H groups in total. The predicted octanol–water partition coefficient (Wildman–Crippen LogP) is 4.22. The van der Waals surface area contributed by atoms with Crippen molar-refractivity contribution >= 4 is 28.2 Å². The Morgan fingerprint density at radius 1 is 1.17 bits per heavy atom. The van der Waals surface area contributed by atoms with Gasteiger partial charge < -0.3 is 19.6 Å². The summed E-state index contributed by atoms with van der Waals surface area (Å²) < 4.78 is 11.5. The van der Waals surface area contributed by atoms with Gasteiger partial charge in [-0.2, -0.15) is 0 Å². The van der Waals surface area contributed by atoms with Gasteiger partial charge >= 0.3 is 5.69 Å². The quantitative estimate of drug-likeness (QED) is 0.306. The number of nitro groups is 1. The number of nitro benzene ring substituents is 1. The molecule has 1 aliphatic heterocycles. The lowest BCUT2D eigenvalue weighted by atomic mass is 10.1. The van der Waals surface area contributed by atoms with Crippen molar-refractivity contribution in [2.45, 2.75) is 20.8 Å². The van der Waals surface area contributed by atoms with Gasteiger partial charge in [0.1, 0.15) is 5.52 Å². The zero-order valence-electron chi connectivity index (χ0n) is 13.1. The van der Waals surface area contributed by atoms with Crippen LogP contribution in [0, 0.1) is 30.9 Å². The third-order valence-electron chi connectivity index (χ3n) is 4.10. The fourth-order valence-corrected chi connectivity index (χ4v) is 2.92. The molecule has 0 spiro atoms. The van der Waals surface area contributed by atoms with Crippen molar-refractivity contribution in [3.63, 3.8) is 0 Å². The highest BCUT2D eigenvalue weighted by Crippen LogP contribution is 2.51. The summed E-state index contributed by atoms with van der Waals surface area (Å²) >= 11 is 0. The first kappa shape index (κ1) is 14.3. The van der Waals surface area contributed by atoms with Crippen LogP contribution in [0.5, 0.6) is 17.2 Å². The number of anilines is 2. The summed E-state index contributed by atoms with van der Waals surface area (Å²) in [4.78, 5) is 14.8. The number of hydrogen-bond acceptors (Lipinski definition) is 7. The van der Waals surface area contributed by atoms with E-state index in [4.69, 9.17) is 9.15 Å². The maximum atomic E-state index is 11.1. The van der Waals surface area contributed by atoms with Gasteiger partial charge in [0.25, 0.3) is 0 Å². The summed E-state index contributed by atoms with van der Waals surface area (Å²) in [6.45, 7) is 5.17. The van der Waals surface area contributed by atoms with Crippen LogP contribution in [0.4, 0.5) is 17.1 Å². The number of phenols is 1. The van der Waals surface area contributed by atoms with E-state index in [1.54, 1.807) is 19.9 Å². The Hall–Kier alpha value is -3.29. The molecule has 1 aliphatic rings. The summed E-state index contributed by atoms with van der Waals surface area (Å²) in [5.41, 5.74) is 3.04. The second-order valence-corrected chi connectivity index (χ2v) is 5.69. The van der Waals surface area contributed by atoms with Crippen LogP contribution in [0.15, 0.2) is 16.5 Å². The van der Waals surface area contributed by atoms with Gasteiger partial charge in [-0.3, -0.25) is 10.1 Å². The molecule has 0 saturated heterocycles. The summed E-state index contributed by atoms with van der Waals surface area (Å²) in [6, 6.07) is 3.03. The average molecular weight is 327 g/mol. The molecule has 0 bridgehead atoms. The Balaban J connectivity index is 1.94. The molecule has 1 aromatic heterocycles. The predicted molar refractivity (Wildman–Crippen MR) is 86.3 cm³/mol. The van der Waals surface area contributed by atoms with E-state index in [1.807, 2.05) is 6.92 Å². The van der Waals surface area contributed by atoms with E-state index in [0.717, 1.165) is 5.56 Å². The number of phenolic OH excluding ortho intramolecular Hbond substituents is 1. The van der Waals surface area contributed by atoms with Crippen LogP contribution in [0.25, 0.3) is 11.1 Å². The molecule has 3 aromatic rings. The number of nitrogens with zero attached hydrogens (tertiary/aromatic N) is 2. The van der Waals surface area contributed by atoms with Crippen molar-refractivity contribution in [3.05, 3.63) is 39.3 Å². The summed E-state index contributed by atoms with van der Waals surface area (Å²) in [5.74, 6) is 1.03. The van der Waals surface area contributed by atoms with Crippen LogP contribution in [0.2, 0.25) is 0 Å². The van der Waals surface area contributed by atoms with Gasteiger partial charge in [0.2, 0.25) is 5.75 Å². The van der Waals surface area contributed by atoms with E-state index >= 15 is 0 Å². The van der Waals surface area contributed by atoms with Crippen LogP contribution >= 0.6 is 0 Å². The lowest BCUT2D eigenvalue weighted by molar-refractivity contribution is -0.385. The zero-order valence-corrected chi connectivity index (χ0v) is 13.1. The minimum absolute atomic E-state index is 0.297. The molecule has 0 fully saturated rings. The molecule has 0 saturated carbocycles. The fraction of sp³-hybridized carbons (Fsp3) is 0.188. The Morgan fingerprint density at radius 3 is 2.54 bits per heavy atom. The molecule has 122 valence electrons. The van der Waals surface area contributed by atoms with Crippen molar-refractivity contribution in [1.82, 2.24) is 4.98 Å². The molecule has 2 aromatic carbocycles. The van der Waals surface area contributed by atoms with Gasteiger partial charge in [0.15, 0.2) is 23.0 Å². The first-order chi connectivity index (χ1) is 11.4. The van der Waals surface area contributed by atoms with Gasteiger partial charge in [-0.1, -0.05) is 0 Å². The molecule has 2 heterocycles. The second-order valence-electron chi connectivity index (χ2n) is 5.69. The van der Waals surface area contributed by atoms with E-state index in [0.29, 0.717) is 45.4 Å². The standard InChI is InChI=1S/C16H13N3O5/c1-6-13(20)12(19(21)22)5-11-14(6)24-16-7(2)15-9(4-10(16)18-11)17-8(3)23-15/h4-5,18,20H,1-3H3. The molecule has 0 radical (unpaired) electrons. The first-order valence-corrected chi connectivity index (χ1v) is 7.23. The van der Waals surface area contributed by atoms with E-state index in [-0.39, 0.29) is 5.69 Å². The van der Waals surface area contributed by atoms with Gasteiger partial charge in [-0.05, 0) is 19.9 Å². The SMILES string of the molecule is Cc1nc2cc3c(c(C)c2o1)Oc1c(cc([N+](=O)[O-])c(O)c1C)N3. The number of ether oxygens (including phenoxy) is 1. The highest BCUT2D eigenvalue weighted by Gasteiger charge is 2.29. The van der Waals surface area contributed by atoms with E-state index in [1.165, 1.54) is 6.07 Å². The molecule has 0 aliphatic carbocycles. The lowest BCUT2D eigenvalue weighted by Gasteiger charge is -2.24. The maximum absolute atomic E-state index is 11.1. The number of fused-ring (bicyclic) bond motifs is 3. The van der Waals surface area contributed by atoms with Gasteiger partial charge in [0.05, 0.1) is 16.3 Å². The molecule has 24 heavy (non-hydrogen) atoms. The minimum Gasteiger partial charge on any atom is -0.502 e. The lowest BCUT2D eigenvalue weighted by Crippen LogP contribution is -2.07. The molecule has 0 amide bonds. The largest absolute Gasteiger partial charge is 0.502 e. The number of aromatic hydroxyl groups is 1. The van der Waals surface area contributed by atoms with Gasteiger partial charge in [-0.25, -0.2) is 4.98 Å². The number of rotatable bonds is 1. The number of aryl methyl sites for hydroxylation is 2. The number of oxazole rings is 1. The maximum Gasteiger partial charge on any atom is 0.313 e. The highest BCUT2D eigenvalue weighted by atomic mass is 16.6. The zero-order chi connectivity index (χ0) is 17.2. The normalized spacial score (nSPS) is 12.3. The van der Waals surface area contributed by atoms with E-state index in [2.05, 4.69) is 10.3 Å². The number of hydrogen-bond donors (Lipinski definition) is 2. The number of benzene rings is 2. The van der Waals surface area contributed by atoms with E-state index < -0.39 is 10.7 Å². The summed E-state index contributed by atoms with van der Waals surface area (Å²) in [5, 5.41) is 24.3. The minimum atomic E-state index is -0.630. The Morgan fingerprint density at radius 2 is 1.83 bits per heavy atom. The molecular weight excluding hydrogens is 314 g/mol. The third-order valence-corrected chi connectivity index (χ3v) is 4.10. The topological polar surface area (TPSA) is 111 Å². The monoisotopic (exact) mass is 327 g/mol. The molecular formula is C16H13N3O5. The second kappa shape index (κ2) is 4.60. The Labute approximate surface area is 135 Å². The Kier molecular flexibility index (Phi) is 2.75. The molecule has 0 atom stereocenters. The average Bonchev–Trinajstić information content (AvgIpc) is 2.90. The van der Waals surface area contributed by atoms with Crippen LogP contribution in [0.1, 0.15) is 17.0 Å². The molecule has 8 nitrogen and oxygen atoms in total. The molecule has 8 heteroatoms. The fourth-order valence-electron chi connectivity index (χ4n) is 2.92. The van der Waals surface area contributed by atoms with Gasteiger partial charge in [0, 0.05) is 24.1 Å². The molecule has 4 rings (SSSR count). The van der Waals surface area contributed by atoms with Crippen molar-refractivity contribution in [2.75, 3.05) is 5.32 Å². The van der Waals surface area contributed by atoms with Crippen LogP contribution in [-0.4, -0.2) is 15.0 Å². The first-order valence-electron chi connectivity index (χ1n) is 7.23. The summed E-state index contributed by atoms with van der Waals surface area (Å²) in [7, 11) is 0. The van der Waals surface area contributed by atoms with Gasteiger partial charge in [-0.15, -0.1) is 0 Å². The van der Waals surface area contributed by atoms with Crippen molar-refractivity contribution < 1.29 is 19.2 Å². The Bertz CT molecular complexity index is 1040. The smallest absolute Gasteiger partial charge is 0.313 e. The van der Waals surface area contributed by atoms with Crippen molar-refractivity contribution in [1.29, 1.82) is 0 Å². The number of aromatic nitrogens is 1.